The van der Waals surface area contributed by atoms with Crippen LogP contribution in [0.3, 0.4) is 0 Å². The molecule has 0 spiro atoms. The number of nitrogens with zero attached hydrogens (tertiary/aromatic N) is 2. The van der Waals surface area contributed by atoms with Gasteiger partial charge in [-0.2, -0.15) is 70.2 Å². The molecule has 5 nitrogen and oxygen atoms in total. The summed E-state index contributed by atoms with van der Waals surface area (Å²) in [6.07, 6.45) is 0. The zero-order valence-electron chi connectivity index (χ0n) is 18.5. The first-order chi connectivity index (χ1) is 16.9. The molecule has 0 aromatic carbocycles. The Hall–Kier alpha value is -2.26. The molecule has 0 unspecified atom stereocenters. The van der Waals surface area contributed by atoms with Crippen LogP contribution in [-0.4, -0.2) is 82.6 Å². The lowest BCUT2D eigenvalue weighted by Crippen LogP contribution is -2.75. The van der Waals surface area contributed by atoms with Gasteiger partial charge in [0.25, 0.3) is 5.91 Å². The fourth-order valence-electron chi connectivity index (χ4n) is 2.33. The second-order valence-electron chi connectivity index (χ2n) is 7.61. The topological polar surface area (TPSA) is 62.3 Å². The van der Waals surface area contributed by atoms with Crippen molar-refractivity contribution >= 4 is 39.9 Å². The highest BCUT2D eigenvalue weighted by atomic mass is 35.5. The maximum absolute atomic E-state index is 14.0. The number of hydrogen-bond donors (Lipinski definition) is 1. The number of anilines is 1. The standard InChI is InChI=1S/C16H10ClF16N3O2S/c1-4-5(6(37)36(2)3)39-8(34-4)35-7(38)9(18,19)10(20,21)11(22,23)12(24,25)13(26,27)14(28,29)15(30,31)16(17,32)33/h1-3H3,(H,34,35,38). The molecule has 1 heterocycles. The van der Waals surface area contributed by atoms with Crippen LogP contribution in [0, 0.1) is 6.92 Å². The summed E-state index contributed by atoms with van der Waals surface area (Å²) < 4.78 is 216. The molecule has 0 radical (unpaired) electrons. The molecule has 39 heavy (non-hydrogen) atoms. The van der Waals surface area contributed by atoms with Crippen LogP contribution < -0.4 is 5.32 Å². The van der Waals surface area contributed by atoms with Crippen LogP contribution in [0.25, 0.3) is 0 Å². The first-order valence-electron chi connectivity index (χ1n) is 9.09. The Morgan fingerprint density at radius 1 is 0.718 bits per heavy atom. The molecule has 0 saturated heterocycles. The highest BCUT2D eigenvalue weighted by Crippen LogP contribution is 2.64. The molecule has 0 aliphatic carbocycles. The van der Waals surface area contributed by atoms with Gasteiger partial charge in [0, 0.05) is 14.1 Å². The summed E-state index contributed by atoms with van der Waals surface area (Å²) >= 11 is 3.37. The molecule has 1 aromatic heterocycles. The molecule has 23 heteroatoms. The Balaban J connectivity index is 3.56. The van der Waals surface area contributed by atoms with Crippen molar-refractivity contribution in [2.75, 3.05) is 19.4 Å². The minimum atomic E-state index is -8.69. The maximum atomic E-state index is 14.0. The number of aromatic nitrogens is 1. The first kappa shape index (κ1) is 34.8. The Labute approximate surface area is 214 Å². The zero-order valence-corrected chi connectivity index (χ0v) is 20.1. The number of carbonyl (C=O) groups is 2. The fourth-order valence-corrected chi connectivity index (χ4v) is 3.44. The van der Waals surface area contributed by atoms with E-state index in [9.17, 15) is 79.8 Å². The molecule has 1 aromatic rings. The summed E-state index contributed by atoms with van der Waals surface area (Å²) in [6.45, 7) is 0.979. The van der Waals surface area contributed by atoms with Gasteiger partial charge < -0.3 is 4.90 Å². The van der Waals surface area contributed by atoms with E-state index in [2.05, 4.69) is 16.6 Å². The predicted molar refractivity (Wildman–Crippen MR) is 98.9 cm³/mol. The van der Waals surface area contributed by atoms with Crippen LogP contribution in [0.15, 0.2) is 0 Å². The fraction of sp³-hybridized carbons (Fsp3) is 0.688. The number of aryl methyl sites for hydroxylation is 1. The molecule has 1 rings (SSSR count). The van der Waals surface area contributed by atoms with Gasteiger partial charge >= 0.3 is 52.7 Å². The number of amides is 2. The Kier molecular flexibility index (Phi) is 8.63. The lowest BCUT2D eigenvalue weighted by molar-refractivity contribution is -0.445. The minimum absolute atomic E-state index is 0.0575. The summed E-state index contributed by atoms with van der Waals surface area (Å²) in [5, 5.41) is -7.44. The monoisotopic (exact) mass is 647 g/mol. The molecule has 0 fully saturated rings. The number of halogens is 17. The lowest BCUT2D eigenvalue weighted by Gasteiger charge is -2.42. The normalized spacial score (nSPS) is 14.9. The minimum Gasteiger partial charge on any atom is -0.344 e. The average molecular weight is 648 g/mol. The predicted octanol–water partition coefficient (Wildman–Crippen LogP) is 6.37. The van der Waals surface area contributed by atoms with Crippen molar-refractivity contribution in [1.82, 2.24) is 9.88 Å². The van der Waals surface area contributed by atoms with Crippen LogP contribution in [0.5, 0.6) is 0 Å². The van der Waals surface area contributed by atoms with Crippen molar-refractivity contribution in [2.24, 2.45) is 0 Å². The quantitative estimate of drug-likeness (QED) is 0.237. The van der Waals surface area contributed by atoms with E-state index in [1.807, 2.05) is 0 Å². The second kappa shape index (κ2) is 9.68. The first-order valence-corrected chi connectivity index (χ1v) is 10.3. The van der Waals surface area contributed by atoms with E-state index >= 15 is 0 Å². The largest absolute Gasteiger partial charge is 0.393 e. The highest BCUT2D eigenvalue weighted by Gasteiger charge is 2.95. The summed E-state index contributed by atoms with van der Waals surface area (Å²) in [4.78, 5) is 27.1. The molecule has 2 amide bonds. The number of nitrogens with one attached hydrogen (secondary N) is 1. The molecular weight excluding hydrogens is 638 g/mol. The SMILES string of the molecule is Cc1nc(NC(=O)C(F)(F)C(F)(F)C(F)(F)C(F)(F)C(F)(F)C(F)(F)C(F)(F)C(F)(F)Cl)sc1C(=O)N(C)C. The van der Waals surface area contributed by atoms with Gasteiger partial charge in [0.2, 0.25) is 0 Å². The Bertz CT molecular complexity index is 1120. The second-order valence-corrected chi connectivity index (χ2v) is 9.08. The molecule has 1 N–H and O–H groups in total. The molecule has 0 saturated carbocycles. The van der Waals surface area contributed by atoms with E-state index < -0.39 is 68.7 Å². The van der Waals surface area contributed by atoms with Gasteiger partial charge in [-0.15, -0.1) is 0 Å². The summed E-state index contributed by atoms with van der Waals surface area (Å²) in [6, 6.07) is 0. The van der Waals surface area contributed by atoms with Gasteiger partial charge in [-0.25, -0.2) is 4.98 Å². The zero-order chi connectivity index (χ0) is 31.6. The van der Waals surface area contributed by atoms with E-state index in [1.54, 1.807) is 0 Å². The third-order valence-corrected chi connectivity index (χ3v) is 5.92. The molecule has 0 aliphatic heterocycles. The van der Waals surface area contributed by atoms with E-state index in [0.29, 0.717) is 5.32 Å². The Morgan fingerprint density at radius 3 is 1.44 bits per heavy atom. The molecule has 0 aliphatic rings. The third-order valence-electron chi connectivity index (χ3n) is 4.62. The van der Waals surface area contributed by atoms with Crippen LogP contribution in [0.1, 0.15) is 15.4 Å². The smallest absolute Gasteiger partial charge is 0.344 e. The summed E-state index contributed by atoms with van der Waals surface area (Å²) in [5.74, 6) is -62.1. The molecule has 0 bridgehead atoms. The van der Waals surface area contributed by atoms with E-state index in [-0.39, 0.29) is 17.0 Å². The third kappa shape index (κ3) is 4.94. The summed E-state index contributed by atoms with van der Waals surface area (Å²) in [7, 11) is 2.28. The highest BCUT2D eigenvalue weighted by molar-refractivity contribution is 7.17. The van der Waals surface area contributed by atoms with Crippen molar-refractivity contribution in [3.63, 3.8) is 0 Å². The van der Waals surface area contributed by atoms with Gasteiger partial charge in [0.05, 0.1) is 5.69 Å². The van der Waals surface area contributed by atoms with Crippen molar-refractivity contribution < 1.29 is 79.8 Å². The number of carbonyl (C=O) groups excluding carboxylic acids is 2. The number of alkyl halides is 17. The molecular formula is C16H10ClF16N3O2S. The number of rotatable bonds is 10. The number of thiazole rings is 1. The maximum Gasteiger partial charge on any atom is 0.393 e. The van der Waals surface area contributed by atoms with Gasteiger partial charge in [-0.05, 0) is 18.5 Å². The van der Waals surface area contributed by atoms with Crippen molar-refractivity contribution in [1.29, 1.82) is 0 Å². The number of hydrogen-bond acceptors (Lipinski definition) is 4. The van der Waals surface area contributed by atoms with E-state index in [0.717, 1.165) is 25.9 Å². The van der Waals surface area contributed by atoms with Gasteiger partial charge in [0.15, 0.2) is 5.13 Å². The van der Waals surface area contributed by atoms with Crippen LogP contribution in [0.2, 0.25) is 0 Å². The average Bonchev–Trinajstić information content (AvgIpc) is 3.10. The van der Waals surface area contributed by atoms with Gasteiger partial charge in [-0.3, -0.25) is 14.9 Å². The van der Waals surface area contributed by atoms with Gasteiger partial charge in [-0.1, -0.05) is 11.3 Å². The van der Waals surface area contributed by atoms with Crippen LogP contribution in [0.4, 0.5) is 75.4 Å². The lowest BCUT2D eigenvalue weighted by atomic mass is 9.89. The Morgan fingerprint density at radius 2 is 1.08 bits per heavy atom. The van der Waals surface area contributed by atoms with Crippen molar-refractivity contribution in [3.05, 3.63) is 10.6 Å². The van der Waals surface area contributed by atoms with Crippen LogP contribution >= 0.6 is 22.9 Å². The molecule has 226 valence electrons. The van der Waals surface area contributed by atoms with E-state index in [4.69, 9.17) is 0 Å². The van der Waals surface area contributed by atoms with Gasteiger partial charge in [0.1, 0.15) is 4.88 Å². The summed E-state index contributed by atoms with van der Waals surface area (Å²) in [5.41, 5.74) is -0.389. The van der Waals surface area contributed by atoms with Crippen molar-refractivity contribution in [2.45, 2.75) is 53.8 Å². The molecule has 0 atom stereocenters. The van der Waals surface area contributed by atoms with Crippen LogP contribution in [-0.2, 0) is 4.79 Å². The van der Waals surface area contributed by atoms with E-state index in [1.165, 1.54) is 0 Å². The van der Waals surface area contributed by atoms with Crippen molar-refractivity contribution in [3.8, 4) is 0 Å².